The monoisotopic (exact) mass is 457 g/mol. The van der Waals surface area contributed by atoms with Crippen LogP contribution in [0.15, 0.2) is 66.7 Å². The Labute approximate surface area is 191 Å². The third-order valence-electron chi connectivity index (χ3n) is 5.18. The Kier molecular flexibility index (Phi) is 5.52. The molecule has 4 rings (SSSR count). The lowest BCUT2D eigenvalue weighted by Crippen LogP contribution is -2.03. The van der Waals surface area contributed by atoms with Crippen molar-refractivity contribution < 1.29 is 39.6 Å². The minimum Gasteiger partial charge on any atom is -0.478 e. The molecule has 0 saturated carbocycles. The van der Waals surface area contributed by atoms with Crippen LogP contribution < -0.4 is 0 Å². The van der Waals surface area contributed by atoms with Crippen molar-refractivity contribution in [3.05, 3.63) is 89.0 Å². The van der Waals surface area contributed by atoms with Crippen molar-refractivity contribution in [1.82, 2.24) is 4.98 Å². The number of aromatic nitrogens is 1. The fourth-order valence-electron chi connectivity index (χ4n) is 3.52. The van der Waals surface area contributed by atoms with Crippen LogP contribution in [-0.4, -0.2) is 49.3 Å². The first-order chi connectivity index (χ1) is 16.1. The van der Waals surface area contributed by atoms with E-state index in [0.717, 1.165) is 12.1 Å². The van der Waals surface area contributed by atoms with Gasteiger partial charge in [0.15, 0.2) is 0 Å². The first-order valence-corrected chi connectivity index (χ1v) is 9.77. The van der Waals surface area contributed by atoms with E-state index in [4.69, 9.17) is 0 Å². The third kappa shape index (κ3) is 4.30. The second-order valence-corrected chi connectivity index (χ2v) is 7.42. The molecular weight excluding hydrogens is 442 g/mol. The fraction of sp³-hybridized carbons (Fsp3) is 0. The lowest BCUT2D eigenvalue weighted by atomic mass is 9.98. The highest BCUT2D eigenvalue weighted by molar-refractivity contribution is 5.98. The van der Waals surface area contributed by atoms with Crippen LogP contribution in [0.3, 0.4) is 0 Å². The molecule has 4 aromatic rings. The zero-order valence-corrected chi connectivity index (χ0v) is 17.2. The molecule has 0 aliphatic heterocycles. The minimum absolute atomic E-state index is 0.177. The fourth-order valence-corrected chi connectivity index (χ4v) is 3.52. The highest BCUT2D eigenvalue weighted by Crippen LogP contribution is 2.29. The Morgan fingerprint density at radius 2 is 0.941 bits per heavy atom. The number of pyridine rings is 1. The number of rotatable bonds is 6. The lowest BCUT2D eigenvalue weighted by molar-refractivity contribution is 0.0676. The average Bonchev–Trinajstić information content (AvgIpc) is 2.82. The van der Waals surface area contributed by atoms with Crippen molar-refractivity contribution in [3.63, 3.8) is 0 Å². The second kappa shape index (κ2) is 8.47. The van der Waals surface area contributed by atoms with Crippen molar-refractivity contribution in [2.45, 2.75) is 0 Å². The van der Waals surface area contributed by atoms with E-state index < -0.39 is 23.9 Å². The van der Waals surface area contributed by atoms with Gasteiger partial charge in [0.05, 0.1) is 33.5 Å². The standard InChI is InChI=1S/C25H15NO8/c27-22(28)16-5-14(6-17(9-16)23(29)30)13-2-1-12-3-4-20(26-21(12)11-13)15-7-18(24(31)32)10-19(8-15)25(33)34/h1-11H,(H,27,28)(H,29,30)(H,31,32)(H,33,34). The van der Waals surface area contributed by atoms with Crippen LogP contribution in [0.1, 0.15) is 41.4 Å². The summed E-state index contributed by atoms with van der Waals surface area (Å²) in [5.74, 6) is -5.09. The highest BCUT2D eigenvalue weighted by Gasteiger charge is 2.15. The molecule has 0 atom stereocenters. The number of fused-ring (bicyclic) bond motifs is 1. The van der Waals surface area contributed by atoms with Gasteiger partial charge in [0.25, 0.3) is 0 Å². The lowest BCUT2D eigenvalue weighted by Gasteiger charge is -2.09. The van der Waals surface area contributed by atoms with E-state index in [-0.39, 0.29) is 22.3 Å². The Balaban J connectivity index is 1.86. The molecule has 0 aliphatic carbocycles. The van der Waals surface area contributed by atoms with Gasteiger partial charge < -0.3 is 20.4 Å². The number of carboxylic acids is 4. The first-order valence-electron chi connectivity index (χ1n) is 9.77. The second-order valence-electron chi connectivity index (χ2n) is 7.42. The van der Waals surface area contributed by atoms with Crippen molar-refractivity contribution in [2.24, 2.45) is 0 Å². The molecule has 9 heteroatoms. The van der Waals surface area contributed by atoms with E-state index in [9.17, 15) is 39.6 Å². The SMILES string of the molecule is O=C(O)c1cc(C(=O)O)cc(-c2ccc3ccc(-c4cc(C(=O)O)cc(C(=O)O)c4)nc3c2)c1. The molecule has 0 radical (unpaired) electrons. The molecule has 0 amide bonds. The predicted molar refractivity (Wildman–Crippen MR) is 120 cm³/mol. The smallest absolute Gasteiger partial charge is 0.335 e. The van der Waals surface area contributed by atoms with Gasteiger partial charge in [-0.3, -0.25) is 0 Å². The Morgan fingerprint density at radius 3 is 1.41 bits per heavy atom. The zero-order valence-electron chi connectivity index (χ0n) is 17.2. The molecular formula is C25H15NO8. The van der Waals surface area contributed by atoms with Gasteiger partial charge in [-0.05, 0) is 59.7 Å². The van der Waals surface area contributed by atoms with Crippen LogP contribution in [0.5, 0.6) is 0 Å². The largest absolute Gasteiger partial charge is 0.478 e. The summed E-state index contributed by atoms with van der Waals surface area (Å²) < 4.78 is 0. The van der Waals surface area contributed by atoms with Crippen molar-refractivity contribution in [2.75, 3.05) is 0 Å². The quantitative estimate of drug-likeness (QED) is 0.329. The summed E-state index contributed by atoms with van der Waals surface area (Å²) in [5.41, 5.74) is 1.23. The normalized spacial score (nSPS) is 10.7. The Bertz CT molecular complexity index is 1350. The third-order valence-corrected chi connectivity index (χ3v) is 5.18. The summed E-state index contributed by atoms with van der Waals surface area (Å²) in [6.45, 7) is 0. The maximum Gasteiger partial charge on any atom is 0.335 e. The summed E-state index contributed by atoms with van der Waals surface area (Å²) >= 11 is 0. The molecule has 9 nitrogen and oxygen atoms in total. The molecule has 1 heterocycles. The van der Waals surface area contributed by atoms with Gasteiger partial charge in [0.1, 0.15) is 0 Å². The summed E-state index contributed by atoms with van der Waals surface area (Å²) in [5, 5.41) is 38.0. The van der Waals surface area contributed by atoms with E-state index in [1.165, 1.54) is 24.3 Å². The van der Waals surface area contributed by atoms with E-state index in [0.29, 0.717) is 33.3 Å². The van der Waals surface area contributed by atoms with Gasteiger partial charge in [0, 0.05) is 10.9 Å². The molecule has 0 fully saturated rings. The molecule has 0 aliphatic rings. The summed E-state index contributed by atoms with van der Waals surface area (Å²) in [7, 11) is 0. The maximum absolute atomic E-state index is 11.4. The topological polar surface area (TPSA) is 162 Å². The zero-order chi connectivity index (χ0) is 24.6. The van der Waals surface area contributed by atoms with Crippen molar-refractivity contribution in [1.29, 1.82) is 0 Å². The first kappa shape index (κ1) is 22.2. The Hall–Kier alpha value is -5.05. The molecule has 0 saturated heterocycles. The highest BCUT2D eigenvalue weighted by atomic mass is 16.4. The van der Waals surface area contributed by atoms with Crippen LogP contribution in [0.25, 0.3) is 33.3 Å². The molecule has 0 bridgehead atoms. The van der Waals surface area contributed by atoms with Gasteiger partial charge in [-0.1, -0.05) is 18.2 Å². The molecule has 34 heavy (non-hydrogen) atoms. The van der Waals surface area contributed by atoms with Gasteiger partial charge in [-0.2, -0.15) is 0 Å². The van der Waals surface area contributed by atoms with Crippen LogP contribution in [0.2, 0.25) is 0 Å². The number of aromatic carboxylic acids is 4. The van der Waals surface area contributed by atoms with Gasteiger partial charge in [-0.25, -0.2) is 24.2 Å². The van der Waals surface area contributed by atoms with E-state index >= 15 is 0 Å². The number of carbonyl (C=O) groups is 4. The maximum atomic E-state index is 11.4. The van der Waals surface area contributed by atoms with Gasteiger partial charge in [-0.15, -0.1) is 0 Å². The number of hydrogen-bond donors (Lipinski definition) is 4. The number of carboxylic acid groups (broad SMARTS) is 4. The summed E-state index contributed by atoms with van der Waals surface area (Å²) in [4.78, 5) is 50.3. The molecule has 4 N–H and O–H groups in total. The van der Waals surface area contributed by atoms with E-state index in [1.807, 2.05) is 0 Å². The van der Waals surface area contributed by atoms with Crippen LogP contribution >= 0.6 is 0 Å². The summed E-state index contributed by atoms with van der Waals surface area (Å²) in [6, 6.07) is 15.9. The summed E-state index contributed by atoms with van der Waals surface area (Å²) in [6.07, 6.45) is 0. The molecule has 1 aromatic heterocycles. The number of nitrogens with zero attached hydrogens (tertiary/aromatic N) is 1. The van der Waals surface area contributed by atoms with E-state index in [2.05, 4.69) is 4.98 Å². The van der Waals surface area contributed by atoms with Crippen LogP contribution in [-0.2, 0) is 0 Å². The Morgan fingerprint density at radius 1 is 0.500 bits per heavy atom. The number of hydrogen-bond acceptors (Lipinski definition) is 5. The van der Waals surface area contributed by atoms with Crippen LogP contribution in [0.4, 0.5) is 0 Å². The van der Waals surface area contributed by atoms with Crippen LogP contribution in [0, 0.1) is 0 Å². The predicted octanol–water partition coefficient (Wildman–Crippen LogP) is 4.36. The van der Waals surface area contributed by atoms with Crippen molar-refractivity contribution >= 4 is 34.8 Å². The number of benzene rings is 3. The molecule has 0 unspecified atom stereocenters. The van der Waals surface area contributed by atoms with Crippen molar-refractivity contribution in [3.8, 4) is 22.4 Å². The van der Waals surface area contributed by atoms with Gasteiger partial charge in [0.2, 0.25) is 0 Å². The average molecular weight is 457 g/mol. The molecule has 3 aromatic carbocycles. The molecule has 0 spiro atoms. The molecule has 168 valence electrons. The van der Waals surface area contributed by atoms with E-state index in [1.54, 1.807) is 30.3 Å². The van der Waals surface area contributed by atoms with Gasteiger partial charge >= 0.3 is 23.9 Å². The minimum atomic E-state index is -1.28.